The highest BCUT2D eigenvalue weighted by atomic mass is 16.5. The maximum absolute atomic E-state index is 12.4. The Bertz CT molecular complexity index is 967. The van der Waals surface area contributed by atoms with E-state index in [0.717, 1.165) is 42.0 Å². The summed E-state index contributed by atoms with van der Waals surface area (Å²) in [4.78, 5) is 26.3. The van der Waals surface area contributed by atoms with E-state index in [1.54, 1.807) is 4.90 Å². The Balaban J connectivity index is 1.42. The summed E-state index contributed by atoms with van der Waals surface area (Å²) in [6.07, 6.45) is 2.25. The predicted molar refractivity (Wildman–Crippen MR) is 112 cm³/mol. The summed E-state index contributed by atoms with van der Waals surface area (Å²) in [7, 11) is 0. The number of carbonyl (C=O) groups excluding carboxylic acids is 2. The van der Waals surface area contributed by atoms with Crippen LogP contribution in [0.4, 0.5) is 11.4 Å². The molecule has 0 atom stereocenters. The van der Waals surface area contributed by atoms with E-state index in [1.165, 1.54) is 0 Å². The van der Waals surface area contributed by atoms with E-state index in [2.05, 4.69) is 5.32 Å². The van der Waals surface area contributed by atoms with E-state index in [4.69, 9.17) is 9.47 Å². The van der Waals surface area contributed by atoms with Gasteiger partial charge in [-0.25, -0.2) is 0 Å². The number of amides is 2. The van der Waals surface area contributed by atoms with Crippen molar-refractivity contribution in [1.82, 2.24) is 0 Å². The SMILES string of the molecule is Cc1ccc(NC(=O)COc2cccc3c2OC(C)(C)C3)cc1N1CCCC1=O. The van der Waals surface area contributed by atoms with Crippen molar-refractivity contribution in [1.29, 1.82) is 0 Å². The number of benzene rings is 2. The van der Waals surface area contributed by atoms with Gasteiger partial charge in [0.25, 0.3) is 5.91 Å². The van der Waals surface area contributed by atoms with Crippen molar-refractivity contribution in [3.8, 4) is 11.5 Å². The number of hydrogen-bond donors (Lipinski definition) is 1. The van der Waals surface area contributed by atoms with Crippen molar-refractivity contribution in [2.45, 2.75) is 45.6 Å². The number of carbonyl (C=O) groups is 2. The van der Waals surface area contributed by atoms with E-state index < -0.39 is 0 Å². The molecule has 0 aliphatic carbocycles. The van der Waals surface area contributed by atoms with Gasteiger partial charge in [-0.2, -0.15) is 0 Å². The van der Waals surface area contributed by atoms with Crippen LogP contribution in [0.1, 0.15) is 37.8 Å². The van der Waals surface area contributed by atoms with Crippen LogP contribution in [0.25, 0.3) is 0 Å². The topological polar surface area (TPSA) is 67.9 Å². The average Bonchev–Trinajstić information content (AvgIpc) is 3.22. The number of anilines is 2. The number of nitrogens with zero attached hydrogens (tertiary/aromatic N) is 1. The van der Waals surface area contributed by atoms with Gasteiger partial charge in [0, 0.05) is 36.3 Å². The van der Waals surface area contributed by atoms with Gasteiger partial charge in [0.1, 0.15) is 5.60 Å². The first-order valence-corrected chi connectivity index (χ1v) is 9.97. The lowest BCUT2D eigenvalue weighted by atomic mass is 10.0. The minimum Gasteiger partial charge on any atom is -0.483 e. The summed E-state index contributed by atoms with van der Waals surface area (Å²) in [5.74, 6) is 1.16. The predicted octanol–water partition coefficient (Wildman–Crippen LogP) is 3.85. The first-order chi connectivity index (χ1) is 13.8. The van der Waals surface area contributed by atoms with Gasteiger partial charge in [-0.05, 0) is 51.0 Å². The van der Waals surface area contributed by atoms with Crippen LogP contribution in [-0.4, -0.2) is 30.6 Å². The van der Waals surface area contributed by atoms with Crippen molar-refractivity contribution in [3.63, 3.8) is 0 Å². The quantitative estimate of drug-likeness (QED) is 0.836. The van der Waals surface area contributed by atoms with Crippen LogP contribution in [0.3, 0.4) is 0 Å². The molecular weight excluding hydrogens is 368 g/mol. The van der Waals surface area contributed by atoms with E-state index in [1.807, 2.05) is 57.2 Å². The number of hydrogen-bond acceptors (Lipinski definition) is 4. The fourth-order valence-electron chi connectivity index (χ4n) is 3.92. The molecule has 2 heterocycles. The molecule has 0 unspecified atom stereocenters. The summed E-state index contributed by atoms with van der Waals surface area (Å²) in [5, 5.41) is 2.86. The lowest BCUT2D eigenvalue weighted by Crippen LogP contribution is -2.25. The van der Waals surface area contributed by atoms with Crippen molar-refractivity contribution in [2.75, 3.05) is 23.4 Å². The second-order valence-corrected chi connectivity index (χ2v) is 8.27. The van der Waals surface area contributed by atoms with Crippen LogP contribution in [0.2, 0.25) is 0 Å². The molecule has 0 saturated carbocycles. The van der Waals surface area contributed by atoms with Crippen LogP contribution >= 0.6 is 0 Å². The van der Waals surface area contributed by atoms with Crippen LogP contribution in [0.5, 0.6) is 11.5 Å². The monoisotopic (exact) mass is 394 g/mol. The summed E-state index contributed by atoms with van der Waals surface area (Å²) >= 11 is 0. The third-order valence-electron chi connectivity index (χ3n) is 5.27. The number of fused-ring (bicyclic) bond motifs is 1. The summed E-state index contributed by atoms with van der Waals surface area (Å²) in [5.41, 5.74) is 3.33. The molecule has 1 saturated heterocycles. The Morgan fingerprint density at radius 3 is 2.86 bits per heavy atom. The summed E-state index contributed by atoms with van der Waals surface area (Å²) in [6, 6.07) is 11.3. The van der Waals surface area contributed by atoms with Crippen molar-refractivity contribution < 1.29 is 19.1 Å². The molecule has 152 valence electrons. The first kappa shape index (κ1) is 19.3. The summed E-state index contributed by atoms with van der Waals surface area (Å²) < 4.78 is 11.7. The highest BCUT2D eigenvalue weighted by molar-refractivity contribution is 5.98. The highest BCUT2D eigenvalue weighted by Gasteiger charge is 2.32. The Labute approximate surface area is 170 Å². The lowest BCUT2D eigenvalue weighted by Gasteiger charge is -2.20. The molecule has 0 radical (unpaired) electrons. The van der Waals surface area contributed by atoms with Crippen LogP contribution < -0.4 is 19.7 Å². The van der Waals surface area contributed by atoms with Crippen LogP contribution in [-0.2, 0) is 16.0 Å². The molecule has 2 aliphatic heterocycles. The van der Waals surface area contributed by atoms with Crippen molar-refractivity contribution >= 4 is 23.2 Å². The molecular formula is C23H26N2O4. The van der Waals surface area contributed by atoms with Crippen molar-refractivity contribution in [2.24, 2.45) is 0 Å². The molecule has 4 rings (SSSR count). The first-order valence-electron chi connectivity index (χ1n) is 9.97. The summed E-state index contributed by atoms with van der Waals surface area (Å²) in [6.45, 7) is 6.63. The highest BCUT2D eigenvalue weighted by Crippen LogP contribution is 2.41. The molecule has 2 aliphatic rings. The Hall–Kier alpha value is -3.02. The van der Waals surface area contributed by atoms with Crippen LogP contribution in [0.15, 0.2) is 36.4 Å². The fourth-order valence-corrected chi connectivity index (χ4v) is 3.92. The molecule has 2 aromatic rings. The molecule has 6 nitrogen and oxygen atoms in total. The van der Waals surface area contributed by atoms with E-state index in [9.17, 15) is 9.59 Å². The Morgan fingerprint density at radius 2 is 2.10 bits per heavy atom. The number of nitrogens with one attached hydrogen (secondary N) is 1. The van der Waals surface area contributed by atoms with Gasteiger partial charge in [0.05, 0.1) is 0 Å². The maximum Gasteiger partial charge on any atom is 0.262 e. The second kappa shape index (κ2) is 7.43. The fraction of sp³-hybridized carbons (Fsp3) is 0.391. The van der Waals surface area contributed by atoms with Crippen LogP contribution in [0, 0.1) is 6.92 Å². The Morgan fingerprint density at radius 1 is 1.28 bits per heavy atom. The largest absolute Gasteiger partial charge is 0.483 e. The van der Waals surface area contributed by atoms with E-state index >= 15 is 0 Å². The zero-order chi connectivity index (χ0) is 20.6. The lowest BCUT2D eigenvalue weighted by molar-refractivity contribution is -0.118. The Kier molecular flexibility index (Phi) is 4.94. The molecule has 1 N–H and O–H groups in total. The molecule has 29 heavy (non-hydrogen) atoms. The molecule has 0 aromatic heterocycles. The number of ether oxygens (including phenoxy) is 2. The number of rotatable bonds is 5. The minimum absolute atomic E-state index is 0.119. The van der Waals surface area contributed by atoms with Gasteiger partial charge in [-0.15, -0.1) is 0 Å². The number of para-hydroxylation sites is 1. The minimum atomic E-state index is -0.268. The molecule has 1 fully saturated rings. The van der Waals surface area contributed by atoms with Gasteiger partial charge in [0.15, 0.2) is 18.1 Å². The van der Waals surface area contributed by atoms with Gasteiger partial charge >= 0.3 is 0 Å². The van der Waals surface area contributed by atoms with Gasteiger partial charge in [0.2, 0.25) is 5.91 Å². The zero-order valence-electron chi connectivity index (χ0n) is 17.1. The third kappa shape index (κ3) is 4.06. The van der Waals surface area contributed by atoms with Gasteiger partial charge in [-0.3, -0.25) is 9.59 Å². The third-order valence-corrected chi connectivity index (χ3v) is 5.27. The molecule has 6 heteroatoms. The van der Waals surface area contributed by atoms with Crippen molar-refractivity contribution in [3.05, 3.63) is 47.5 Å². The standard InChI is InChI=1S/C23H26N2O4/c1-15-9-10-17(12-18(15)25-11-5-8-21(25)27)24-20(26)14-28-19-7-4-6-16-13-23(2,3)29-22(16)19/h4,6-7,9-10,12H,5,8,11,13-14H2,1-3H3,(H,24,26). The molecule has 0 bridgehead atoms. The molecule has 0 spiro atoms. The average molecular weight is 394 g/mol. The second-order valence-electron chi connectivity index (χ2n) is 8.27. The van der Waals surface area contributed by atoms with E-state index in [-0.39, 0.29) is 24.0 Å². The zero-order valence-corrected chi connectivity index (χ0v) is 17.1. The normalized spacial score (nSPS) is 17.1. The van der Waals surface area contributed by atoms with E-state index in [0.29, 0.717) is 17.9 Å². The number of aryl methyl sites for hydroxylation is 1. The van der Waals surface area contributed by atoms with Gasteiger partial charge < -0.3 is 19.7 Å². The molecule has 2 amide bonds. The maximum atomic E-state index is 12.4. The smallest absolute Gasteiger partial charge is 0.262 e. The molecule has 2 aromatic carbocycles. The van der Waals surface area contributed by atoms with Gasteiger partial charge in [-0.1, -0.05) is 18.2 Å².